The molecule has 0 aromatic carbocycles. The SMILES string of the molecule is CC(CCc1ccco1)Nc1ccncc1N. The van der Waals surface area contributed by atoms with Crippen molar-refractivity contribution in [1.82, 2.24) is 4.98 Å². The van der Waals surface area contributed by atoms with Gasteiger partial charge in [-0.05, 0) is 31.5 Å². The predicted molar refractivity (Wildman–Crippen MR) is 68.8 cm³/mol. The minimum Gasteiger partial charge on any atom is -0.469 e. The summed E-state index contributed by atoms with van der Waals surface area (Å²) in [5.74, 6) is 1.02. The van der Waals surface area contributed by atoms with Gasteiger partial charge in [0.15, 0.2) is 0 Å². The molecule has 0 amide bonds. The minimum absolute atomic E-state index is 0.338. The van der Waals surface area contributed by atoms with Gasteiger partial charge in [-0.2, -0.15) is 0 Å². The van der Waals surface area contributed by atoms with Crippen molar-refractivity contribution in [2.45, 2.75) is 25.8 Å². The fraction of sp³-hybridized carbons (Fsp3) is 0.308. The van der Waals surface area contributed by atoms with Crippen LogP contribution in [0.1, 0.15) is 19.1 Å². The second-order valence-electron chi connectivity index (χ2n) is 4.13. The van der Waals surface area contributed by atoms with Crippen LogP contribution in [0.25, 0.3) is 0 Å². The van der Waals surface area contributed by atoms with Crippen molar-refractivity contribution in [1.29, 1.82) is 0 Å². The molecule has 17 heavy (non-hydrogen) atoms. The highest BCUT2D eigenvalue weighted by Crippen LogP contribution is 2.17. The van der Waals surface area contributed by atoms with Gasteiger partial charge in [-0.3, -0.25) is 4.98 Å². The molecule has 2 heterocycles. The van der Waals surface area contributed by atoms with Gasteiger partial charge in [-0.25, -0.2) is 0 Å². The van der Waals surface area contributed by atoms with Crippen LogP contribution in [0, 0.1) is 0 Å². The average molecular weight is 231 g/mol. The molecule has 0 spiro atoms. The molecule has 0 aliphatic carbocycles. The highest BCUT2D eigenvalue weighted by Gasteiger charge is 2.05. The third-order valence-electron chi connectivity index (χ3n) is 2.66. The number of nitrogens with one attached hydrogen (secondary N) is 1. The first-order valence-corrected chi connectivity index (χ1v) is 5.74. The summed E-state index contributed by atoms with van der Waals surface area (Å²) >= 11 is 0. The largest absolute Gasteiger partial charge is 0.469 e. The normalized spacial score (nSPS) is 12.3. The zero-order valence-corrected chi connectivity index (χ0v) is 9.89. The van der Waals surface area contributed by atoms with Gasteiger partial charge in [-0.15, -0.1) is 0 Å². The van der Waals surface area contributed by atoms with E-state index in [-0.39, 0.29) is 0 Å². The van der Waals surface area contributed by atoms with Crippen molar-refractivity contribution in [3.63, 3.8) is 0 Å². The van der Waals surface area contributed by atoms with Crippen LogP contribution in [0.2, 0.25) is 0 Å². The van der Waals surface area contributed by atoms with Crippen LogP contribution < -0.4 is 11.1 Å². The summed E-state index contributed by atoms with van der Waals surface area (Å²) in [5, 5.41) is 3.37. The van der Waals surface area contributed by atoms with Crippen LogP contribution >= 0.6 is 0 Å². The van der Waals surface area contributed by atoms with Gasteiger partial charge in [-0.1, -0.05) is 0 Å². The van der Waals surface area contributed by atoms with E-state index in [1.165, 1.54) is 0 Å². The van der Waals surface area contributed by atoms with Crippen molar-refractivity contribution in [3.05, 3.63) is 42.6 Å². The lowest BCUT2D eigenvalue weighted by molar-refractivity contribution is 0.495. The smallest absolute Gasteiger partial charge is 0.103 e. The molecule has 90 valence electrons. The molecule has 2 rings (SSSR count). The summed E-state index contributed by atoms with van der Waals surface area (Å²) in [5.41, 5.74) is 7.43. The van der Waals surface area contributed by atoms with Crippen molar-refractivity contribution in [2.75, 3.05) is 11.1 Å². The molecule has 3 N–H and O–H groups in total. The number of nitrogens with two attached hydrogens (primary N) is 1. The number of hydrogen-bond donors (Lipinski definition) is 2. The van der Waals surface area contributed by atoms with Crippen LogP contribution in [0.15, 0.2) is 41.3 Å². The molecule has 0 radical (unpaired) electrons. The Morgan fingerprint density at radius 3 is 3.06 bits per heavy atom. The van der Waals surface area contributed by atoms with E-state index in [4.69, 9.17) is 10.2 Å². The lowest BCUT2D eigenvalue weighted by Crippen LogP contribution is -2.16. The third-order valence-corrected chi connectivity index (χ3v) is 2.66. The molecule has 0 saturated carbocycles. The maximum atomic E-state index is 5.82. The number of nitrogens with zero attached hydrogens (tertiary/aromatic N) is 1. The van der Waals surface area contributed by atoms with Crippen LogP contribution in [0.5, 0.6) is 0 Å². The van der Waals surface area contributed by atoms with Gasteiger partial charge >= 0.3 is 0 Å². The van der Waals surface area contributed by atoms with Crippen molar-refractivity contribution in [3.8, 4) is 0 Å². The van der Waals surface area contributed by atoms with Crippen LogP contribution in [-0.2, 0) is 6.42 Å². The highest BCUT2D eigenvalue weighted by molar-refractivity contribution is 5.64. The quantitative estimate of drug-likeness (QED) is 0.830. The van der Waals surface area contributed by atoms with E-state index in [1.807, 2.05) is 18.2 Å². The standard InChI is InChI=1S/C13H17N3O/c1-10(4-5-11-3-2-8-17-11)16-13-6-7-15-9-12(13)14/h2-3,6-10H,4-5,14H2,1H3,(H,15,16). The van der Waals surface area contributed by atoms with Gasteiger partial charge in [0.05, 0.1) is 23.8 Å². The Bertz CT molecular complexity index is 453. The van der Waals surface area contributed by atoms with Crippen LogP contribution in [0.4, 0.5) is 11.4 Å². The predicted octanol–water partition coefficient (Wildman–Crippen LogP) is 2.69. The first-order chi connectivity index (χ1) is 8.25. The zero-order chi connectivity index (χ0) is 12.1. The van der Waals surface area contributed by atoms with Crippen molar-refractivity contribution < 1.29 is 4.42 Å². The summed E-state index contributed by atoms with van der Waals surface area (Å²) in [4.78, 5) is 3.96. The Kier molecular flexibility index (Phi) is 3.65. The van der Waals surface area contributed by atoms with Crippen LogP contribution in [-0.4, -0.2) is 11.0 Å². The van der Waals surface area contributed by atoms with Crippen LogP contribution in [0.3, 0.4) is 0 Å². The number of aryl methyl sites for hydroxylation is 1. The molecule has 0 aliphatic rings. The Labute approximate surface area is 101 Å². The zero-order valence-electron chi connectivity index (χ0n) is 9.89. The maximum absolute atomic E-state index is 5.82. The molecule has 2 aromatic rings. The highest BCUT2D eigenvalue weighted by atomic mass is 16.3. The van der Waals surface area contributed by atoms with E-state index in [0.29, 0.717) is 11.7 Å². The number of anilines is 2. The Morgan fingerprint density at radius 2 is 2.35 bits per heavy atom. The van der Waals surface area contributed by atoms with E-state index in [9.17, 15) is 0 Å². The molecule has 4 heteroatoms. The first kappa shape index (κ1) is 11.5. The summed E-state index contributed by atoms with van der Waals surface area (Å²) in [6.45, 7) is 2.13. The first-order valence-electron chi connectivity index (χ1n) is 5.74. The topological polar surface area (TPSA) is 64.1 Å². The molecular weight excluding hydrogens is 214 g/mol. The van der Waals surface area contributed by atoms with E-state index in [0.717, 1.165) is 24.3 Å². The summed E-state index contributed by atoms with van der Waals surface area (Å²) in [7, 11) is 0. The van der Waals surface area contributed by atoms with E-state index < -0.39 is 0 Å². The molecule has 1 unspecified atom stereocenters. The number of pyridine rings is 1. The number of rotatable bonds is 5. The second-order valence-corrected chi connectivity index (χ2v) is 4.13. The fourth-order valence-corrected chi connectivity index (χ4v) is 1.69. The second kappa shape index (κ2) is 5.39. The molecular formula is C13H17N3O. The summed E-state index contributed by atoms with van der Waals surface area (Å²) < 4.78 is 5.30. The van der Waals surface area contributed by atoms with Crippen molar-refractivity contribution >= 4 is 11.4 Å². The monoisotopic (exact) mass is 231 g/mol. The Balaban J connectivity index is 1.85. The maximum Gasteiger partial charge on any atom is 0.103 e. The van der Waals surface area contributed by atoms with Gasteiger partial charge < -0.3 is 15.5 Å². The third kappa shape index (κ3) is 3.24. The lowest BCUT2D eigenvalue weighted by Gasteiger charge is -2.15. The number of furan rings is 1. The number of nitrogen functional groups attached to an aromatic ring is 1. The Morgan fingerprint density at radius 1 is 1.47 bits per heavy atom. The van der Waals surface area contributed by atoms with Gasteiger partial charge in [0, 0.05) is 18.7 Å². The Hall–Kier alpha value is -1.97. The molecule has 2 aromatic heterocycles. The molecule has 0 fully saturated rings. The number of hydrogen-bond acceptors (Lipinski definition) is 4. The molecule has 1 atom stereocenters. The van der Waals surface area contributed by atoms with E-state index in [1.54, 1.807) is 18.7 Å². The molecule has 4 nitrogen and oxygen atoms in total. The minimum atomic E-state index is 0.338. The lowest BCUT2D eigenvalue weighted by atomic mass is 10.1. The van der Waals surface area contributed by atoms with E-state index in [2.05, 4.69) is 17.2 Å². The molecule has 0 aliphatic heterocycles. The fourth-order valence-electron chi connectivity index (χ4n) is 1.69. The van der Waals surface area contributed by atoms with E-state index >= 15 is 0 Å². The number of aromatic nitrogens is 1. The summed E-state index contributed by atoms with van der Waals surface area (Å²) in [6, 6.07) is 6.13. The summed E-state index contributed by atoms with van der Waals surface area (Å²) in [6.07, 6.45) is 7.01. The van der Waals surface area contributed by atoms with Crippen molar-refractivity contribution in [2.24, 2.45) is 0 Å². The average Bonchev–Trinajstić information content (AvgIpc) is 2.82. The molecule has 0 saturated heterocycles. The van der Waals surface area contributed by atoms with Gasteiger partial charge in [0.2, 0.25) is 0 Å². The van der Waals surface area contributed by atoms with Gasteiger partial charge in [0.25, 0.3) is 0 Å². The molecule has 0 bridgehead atoms. The van der Waals surface area contributed by atoms with Gasteiger partial charge in [0.1, 0.15) is 5.76 Å².